The molecule has 0 heterocycles. The van der Waals surface area contributed by atoms with Gasteiger partial charge in [0.05, 0.1) is 0 Å². The van der Waals surface area contributed by atoms with Crippen molar-refractivity contribution in [2.45, 2.75) is 77.9 Å². The van der Waals surface area contributed by atoms with Gasteiger partial charge in [0.1, 0.15) is 8.07 Å². The van der Waals surface area contributed by atoms with Crippen LogP contribution in [0.15, 0.2) is 24.3 Å². The summed E-state index contributed by atoms with van der Waals surface area (Å²) in [5.74, 6) is 3.32. The van der Waals surface area contributed by atoms with E-state index in [-0.39, 0.29) is 0 Å². The van der Waals surface area contributed by atoms with Crippen molar-refractivity contribution in [3.8, 4) is 11.5 Å². The molecule has 0 saturated carbocycles. The third-order valence-electron chi connectivity index (χ3n) is 3.89. The molecule has 0 bridgehead atoms. The molecule has 0 aliphatic rings. The van der Waals surface area contributed by atoms with Crippen molar-refractivity contribution in [2.75, 3.05) is 13.2 Å². The van der Waals surface area contributed by atoms with E-state index in [9.17, 15) is 0 Å². The minimum absolute atomic E-state index is 0.919. The highest BCUT2D eigenvalue weighted by Gasteiger charge is 2.07. The minimum atomic E-state index is -1.27. The molecule has 1 nitrogen and oxygen atoms in total. The molecule has 24 heavy (non-hydrogen) atoms. The Bertz CT molecular complexity index is 487. The Balaban J connectivity index is 2.10. The normalized spacial score (nSPS) is 11.2. The number of rotatable bonds is 11. The van der Waals surface area contributed by atoms with E-state index in [1.54, 1.807) is 0 Å². The van der Waals surface area contributed by atoms with Crippen LogP contribution in [0.3, 0.4) is 0 Å². The summed E-state index contributed by atoms with van der Waals surface area (Å²) >= 11 is 0. The van der Waals surface area contributed by atoms with Crippen molar-refractivity contribution in [3.05, 3.63) is 35.4 Å². The van der Waals surface area contributed by atoms with Gasteiger partial charge in [0.2, 0.25) is 0 Å². The van der Waals surface area contributed by atoms with Gasteiger partial charge in [-0.15, -0.1) is 5.54 Å². The molecule has 0 aliphatic heterocycles. The monoisotopic (exact) mass is 344 g/mol. The van der Waals surface area contributed by atoms with Gasteiger partial charge in [-0.1, -0.05) is 70.3 Å². The number of benzene rings is 1. The van der Waals surface area contributed by atoms with E-state index < -0.39 is 8.07 Å². The third-order valence-corrected chi connectivity index (χ3v) is 4.76. The van der Waals surface area contributed by atoms with Gasteiger partial charge in [0.25, 0.3) is 0 Å². The Labute approximate surface area is 151 Å². The van der Waals surface area contributed by atoms with Crippen molar-refractivity contribution in [2.24, 2.45) is 0 Å². The SMILES string of the molecule is CCCOCCCCCCCCc1ccc(C#C[Si](C)(C)C)cc1. The van der Waals surface area contributed by atoms with Gasteiger partial charge in [-0.05, 0) is 43.4 Å². The van der Waals surface area contributed by atoms with Crippen LogP contribution in [0, 0.1) is 11.5 Å². The number of unbranched alkanes of at least 4 members (excludes halogenated alkanes) is 5. The van der Waals surface area contributed by atoms with Crippen LogP contribution in [-0.4, -0.2) is 21.3 Å². The lowest BCUT2D eigenvalue weighted by atomic mass is 10.0. The molecule has 0 aromatic heterocycles. The number of ether oxygens (including phenoxy) is 1. The maximum absolute atomic E-state index is 5.51. The Morgan fingerprint density at radius 1 is 0.833 bits per heavy atom. The first-order chi connectivity index (χ1) is 11.5. The van der Waals surface area contributed by atoms with Gasteiger partial charge in [0, 0.05) is 18.8 Å². The molecule has 0 aliphatic carbocycles. The molecule has 0 atom stereocenters. The van der Waals surface area contributed by atoms with Crippen LogP contribution in [0.4, 0.5) is 0 Å². The van der Waals surface area contributed by atoms with Crippen molar-refractivity contribution in [1.29, 1.82) is 0 Å². The number of hydrogen-bond acceptors (Lipinski definition) is 1. The molecular weight excluding hydrogens is 308 g/mol. The summed E-state index contributed by atoms with van der Waals surface area (Å²) in [7, 11) is -1.27. The summed E-state index contributed by atoms with van der Waals surface area (Å²) in [6.07, 6.45) is 10.2. The number of aryl methyl sites for hydroxylation is 1. The van der Waals surface area contributed by atoms with Gasteiger partial charge in [-0.3, -0.25) is 0 Å². The van der Waals surface area contributed by atoms with E-state index >= 15 is 0 Å². The molecule has 1 rings (SSSR count). The Morgan fingerprint density at radius 3 is 2.08 bits per heavy atom. The second-order valence-corrected chi connectivity index (χ2v) is 12.4. The lowest BCUT2D eigenvalue weighted by molar-refractivity contribution is 0.130. The molecule has 0 amide bonds. The van der Waals surface area contributed by atoms with Crippen LogP contribution in [0.5, 0.6) is 0 Å². The summed E-state index contributed by atoms with van der Waals surface area (Å²) in [6, 6.07) is 8.86. The van der Waals surface area contributed by atoms with Gasteiger partial charge in [-0.25, -0.2) is 0 Å². The summed E-state index contributed by atoms with van der Waals surface area (Å²) in [5.41, 5.74) is 6.03. The van der Waals surface area contributed by atoms with Crippen LogP contribution in [-0.2, 0) is 11.2 Å². The molecule has 0 radical (unpaired) electrons. The van der Waals surface area contributed by atoms with E-state index in [1.807, 2.05) is 0 Å². The van der Waals surface area contributed by atoms with E-state index in [2.05, 4.69) is 62.3 Å². The van der Waals surface area contributed by atoms with Gasteiger partial charge in [0.15, 0.2) is 0 Å². The molecule has 134 valence electrons. The molecule has 0 N–H and O–H groups in total. The second kappa shape index (κ2) is 12.3. The van der Waals surface area contributed by atoms with Gasteiger partial charge in [-0.2, -0.15) is 0 Å². The molecule has 2 heteroatoms. The molecule has 1 aromatic rings. The Kier molecular flexibility index (Phi) is 10.8. The predicted molar refractivity (Wildman–Crippen MR) is 109 cm³/mol. The predicted octanol–water partition coefficient (Wildman–Crippen LogP) is 6.23. The molecule has 0 unspecified atom stereocenters. The highest BCUT2D eigenvalue weighted by Crippen LogP contribution is 2.11. The van der Waals surface area contributed by atoms with Crippen molar-refractivity contribution < 1.29 is 4.74 Å². The highest BCUT2D eigenvalue weighted by molar-refractivity contribution is 6.83. The van der Waals surface area contributed by atoms with E-state index in [0.717, 1.165) is 25.2 Å². The average molecular weight is 345 g/mol. The van der Waals surface area contributed by atoms with E-state index in [4.69, 9.17) is 4.74 Å². The molecular formula is C22H36OSi. The summed E-state index contributed by atoms with van der Waals surface area (Å²) < 4.78 is 5.51. The van der Waals surface area contributed by atoms with Crippen molar-refractivity contribution in [1.82, 2.24) is 0 Å². The Morgan fingerprint density at radius 2 is 1.46 bits per heavy atom. The van der Waals surface area contributed by atoms with Gasteiger partial charge < -0.3 is 4.74 Å². The Hall–Kier alpha value is -1.04. The maximum Gasteiger partial charge on any atom is 0.129 e. The quantitative estimate of drug-likeness (QED) is 0.263. The molecule has 0 spiro atoms. The first-order valence-corrected chi connectivity index (χ1v) is 13.2. The van der Waals surface area contributed by atoms with Crippen molar-refractivity contribution in [3.63, 3.8) is 0 Å². The van der Waals surface area contributed by atoms with Crippen LogP contribution < -0.4 is 0 Å². The lowest BCUT2D eigenvalue weighted by Gasteiger charge is -2.05. The maximum atomic E-state index is 5.51. The fourth-order valence-electron chi connectivity index (χ4n) is 2.50. The van der Waals surface area contributed by atoms with Crippen LogP contribution >= 0.6 is 0 Å². The van der Waals surface area contributed by atoms with E-state index in [0.29, 0.717) is 0 Å². The second-order valence-electron chi connectivity index (χ2n) is 7.68. The third kappa shape index (κ3) is 11.5. The summed E-state index contributed by atoms with van der Waals surface area (Å²) in [5, 5.41) is 0. The van der Waals surface area contributed by atoms with Crippen molar-refractivity contribution >= 4 is 8.07 Å². The average Bonchev–Trinajstić information content (AvgIpc) is 2.55. The topological polar surface area (TPSA) is 9.23 Å². The fourth-order valence-corrected chi connectivity index (χ4v) is 3.02. The zero-order chi connectivity index (χ0) is 17.7. The zero-order valence-corrected chi connectivity index (χ0v) is 17.3. The van der Waals surface area contributed by atoms with Crippen LogP contribution in [0.2, 0.25) is 19.6 Å². The molecule has 0 fully saturated rings. The fraction of sp³-hybridized carbons (Fsp3) is 0.636. The van der Waals surface area contributed by atoms with Gasteiger partial charge >= 0.3 is 0 Å². The number of hydrogen-bond donors (Lipinski definition) is 0. The smallest absolute Gasteiger partial charge is 0.129 e. The molecule has 0 saturated heterocycles. The van der Waals surface area contributed by atoms with E-state index in [1.165, 1.54) is 50.5 Å². The summed E-state index contributed by atoms with van der Waals surface area (Å²) in [6.45, 7) is 10.9. The largest absolute Gasteiger partial charge is 0.381 e. The van der Waals surface area contributed by atoms with Crippen LogP contribution in [0.1, 0.15) is 63.0 Å². The first-order valence-electron chi connectivity index (χ1n) is 9.71. The van der Waals surface area contributed by atoms with Crippen LogP contribution in [0.25, 0.3) is 0 Å². The highest BCUT2D eigenvalue weighted by atomic mass is 28.3. The standard InChI is InChI=1S/C22H36OSi/c1-5-18-23-19-11-9-7-6-8-10-12-21-13-15-22(16-14-21)17-20-24(2,3)4/h13-16H,5-12,18-19H2,1-4H3. The zero-order valence-electron chi connectivity index (χ0n) is 16.3. The lowest BCUT2D eigenvalue weighted by Crippen LogP contribution is -2.16. The first kappa shape index (κ1) is 21.0. The minimum Gasteiger partial charge on any atom is -0.381 e. The molecule has 1 aromatic carbocycles. The summed E-state index contributed by atoms with van der Waals surface area (Å²) in [4.78, 5) is 0.